The highest BCUT2D eigenvalue weighted by atomic mass is 35.5. The second-order valence-corrected chi connectivity index (χ2v) is 6.04. The van der Waals surface area contributed by atoms with E-state index in [0.717, 1.165) is 18.2 Å². The Labute approximate surface area is 153 Å². The molecular weight excluding hydrogens is 372 g/mol. The van der Waals surface area contributed by atoms with Crippen molar-refractivity contribution in [3.05, 3.63) is 69.5 Å². The van der Waals surface area contributed by atoms with E-state index >= 15 is 0 Å². The first kappa shape index (κ1) is 20.0. The Morgan fingerprint density at radius 2 is 1.88 bits per heavy atom. The molecule has 0 aliphatic heterocycles. The summed E-state index contributed by atoms with van der Waals surface area (Å²) >= 11 is 5.69. The van der Waals surface area contributed by atoms with Crippen LogP contribution < -0.4 is 4.74 Å². The number of aryl methyl sites for hydroxylation is 1. The van der Waals surface area contributed by atoms with E-state index < -0.39 is 17.9 Å². The van der Waals surface area contributed by atoms with Gasteiger partial charge in [0.2, 0.25) is 0 Å². The predicted octanol–water partition coefficient (Wildman–Crippen LogP) is 5.97. The molecule has 0 amide bonds. The van der Waals surface area contributed by atoms with Crippen LogP contribution in [-0.4, -0.2) is 19.6 Å². The van der Waals surface area contributed by atoms with Crippen LogP contribution in [0, 0.1) is 12.7 Å². The Morgan fingerprint density at radius 1 is 1.19 bits per heavy atom. The molecule has 0 aromatic heterocycles. The molecule has 2 nitrogen and oxygen atoms in total. The minimum absolute atomic E-state index is 0.0344. The van der Waals surface area contributed by atoms with Crippen LogP contribution in [0.15, 0.2) is 36.4 Å². The van der Waals surface area contributed by atoms with Gasteiger partial charge < -0.3 is 4.74 Å². The lowest BCUT2D eigenvalue weighted by Crippen LogP contribution is -2.19. The van der Waals surface area contributed by atoms with Crippen molar-refractivity contribution in [1.29, 1.82) is 0 Å². The van der Waals surface area contributed by atoms with Crippen LogP contribution in [0.25, 0.3) is 6.08 Å². The van der Waals surface area contributed by atoms with E-state index in [1.807, 2.05) is 0 Å². The number of carbonyl (C=O) groups excluding carboxylic acids is 1. The van der Waals surface area contributed by atoms with Crippen LogP contribution in [0.4, 0.5) is 17.6 Å². The normalized spacial score (nSPS) is 13.0. The van der Waals surface area contributed by atoms with Crippen molar-refractivity contribution in [2.24, 2.45) is 0 Å². The number of hydrogen-bond acceptors (Lipinski definition) is 2. The molecule has 2 aromatic rings. The Hall–Kier alpha value is -2.34. The fourth-order valence-corrected chi connectivity index (χ4v) is 2.75. The minimum atomic E-state index is -4.59. The number of ether oxygens (including phenoxy) is 1. The first-order chi connectivity index (χ1) is 12.2. The zero-order valence-electron chi connectivity index (χ0n) is 13.9. The molecule has 1 atom stereocenters. The van der Waals surface area contributed by atoms with E-state index in [4.69, 9.17) is 16.3 Å². The summed E-state index contributed by atoms with van der Waals surface area (Å²) in [6.45, 7) is 1.35. The summed E-state index contributed by atoms with van der Waals surface area (Å²) in [6, 6.07) is 6.50. The quantitative estimate of drug-likeness (QED) is 0.467. The molecule has 0 N–H and O–H groups in total. The summed E-state index contributed by atoms with van der Waals surface area (Å²) in [5, 5.41) is -0.361. The number of rotatable bonds is 5. The number of allylic oxidation sites excluding steroid dienone is 1. The van der Waals surface area contributed by atoms with Gasteiger partial charge in [0.25, 0.3) is 0 Å². The van der Waals surface area contributed by atoms with Gasteiger partial charge in [-0.1, -0.05) is 35.9 Å². The van der Waals surface area contributed by atoms with Gasteiger partial charge >= 0.3 is 6.18 Å². The lowest BCUT2D eigenvalue weighted by atomic mass is 9.95. The fraction of sp³-hybridized carbons (Fsp3) is 0.211. The lowest BCUT2D eigenvalue weighted by Gasteiger charge is -2.18. The third-order valence-electron chi connectivity index (χ3n) is 3.81. The molecule has 0 bridgehead atoms. The van der Waals surface area contributed by atoms with Crippen molar-refractivity contribution in [2.75, 3.05) is 7.11 Å². The van der Waals surface area contributed by atoms with Gasteiger partial charge in [0, 0.05) is 0 Å². The van der Waals surface area contributed by atoms with Crippen molar-refractivity contribution in [1.82, 2.24) is 0 Å². The summed E-state index contributed by atoms with van der Waals surface area (Å²) in [6.07, 6.45) is -1.77. The average molecular weight is 387 g/mol. The van der Waals surface area contributed by atoms with Gasteiger partial charge in [-0.3, -0.25) is 4.79 Å². The van der Waals surface area contributed by atoms with E-state index in [1.165, 1.54) is 38.3 Å². The molecule has 0 spiro atoms. The first-order valence-corrected chi connectivity index (χ1v) is 7.89. The SMILES string of the molecule is COc1cc(/C=C/C(c2cc(C)c(F)c(Cl)c2)C(F)(F)F)ccc1C=O. The van der Waals surface area contributed by atoms with Crippen LogP contribution in [-0.2, 0) is 0 Å². The summed E-state index contributed by atoms with van der Waals surface area (Å²) < 4.78 is 59.1. The third-order valence-corrected chi connectivity index (χ3v) is 4.08. The monoisotopic (exact) mass is 386 g/mol. The summed E-state index contributed by atoms with van der Waals surface area (Å²) in [7, 11) is 1.36. The van der Waals surface area contributed by atoms with Gasteiger partial charge in [-0.2, -0.15) is 13.2 Å². The van der Waals surface area contributed by atoms with Crippen LogP contribution in [0.1, 0.15) is 33.0 Å². The van der Waals surface area contributed by atoms with Crippen LogP contribution >= 0.6 is 11.6 Å². The van der Waals surface area contributed by atoms with Crippen LogP contribution in [0.5, 0.6) is 5.75 Å². The highest BCUT2D eigenvalue weighted by Gasteiger charge is 2.39. The molecule has 2 aromatic carbocycles. The summed E-state index contributed by atoms with van der Waals surface area (Å²) in [4.78, 5) is 10.9. The highest BCUT2D eigenvalue weighted by Crippen LogP contribution is 2.38. The highest BCUT2D eigenvalue weighted by molar-refractivity contribution is 6.30. The zero-order valence-corrected chi connectivity index (χ0v) is 14.7. The van der Waals surface area contributed by atoms with Gasteiger partial charge in [0.05, 0.1) is 23.6 Å². The molecule has 138 valence electrons. The molecule has 0 fully saturated rings. The number of halogens is 5. The lowest BCUT2D eigenvalue weighted by molar-refractivity contribution is -0.139. The third kappa shape index (κ3) is 4.43. The topological polar surface area (TPSA) is 26.3 Å². The maximum atomic E-state index is 13.6. The van der Waals surface area contributed by atoms with Gasteiger partial charge in [-0.25, -0.2) is 4.39 Å². The molecular formula is C19H15ClF4O2. The van der Waals surface area contributed by atoms with Crippen molar-refractivity contribution >= 4 is 24.0 Å². The molecule has 0 aliphatic carbocycles. The first-order valence-electron chi connectivity index (χ1n) is 7.51. The van der Waals surface area contributed by atoms with Gasteiger partial charge in [0.1, 0.15) is 11.6 Å². The average Bonchev–Trinajstić information content (AvgIpc) is 2.58. The smallest absolute Gasteiger partial charge is 0.399 e. The molecule has 7 heteroatoms. The summed E-state index contributed by atoms with van der Waals surface area (Å²) in [5.41, 5.74) is 0.589. The number of hydrogen-bond donors (Lipinski definition) is 0. The molecule has 0 saturated heterocycles. The Kier molecular flexibility index (Phi) is 6.08. The van der Waals surface area contributed by atoms with Crippen molar-refractivity contribution in [3.63, 3.8) is 0 Å². The number of methoxy groups -OCH3 is 1. The largest absolute Gasteiger partial charge is 0.496 e. The van der Waals surface area contributed by atoms with E-state index in [-0.39, 0.29) is 27.5 Å². The minimum Gasteiger partial charge on any atom is -0.496 e. The molecule has 1 unspecified atom stereocenters. The summed E-state index contributed by atoms with van der Waals surface area (Å²) in [5.74, 6) is -2.45. The molecule has 0 saturated carbocycles. The number of alkyl halides is 3. The maximum absolute atomic E-state index is 13.6. The second kappa shape index (κ2) is 7.91. The Morgan fingerprint density at radius 3 is 2.42 bits per heavy atom. The second-order valence-electron chi connectivity index (χ2n) is 5.63. The molecule has 0 radical (unpaired) electrons. The molecule has 0 heterocycles. The Balaban J connectivity index is 2.44. The van der Waals surface area contributed by atoms with E-state index in [2.05, 4.69) is 0 Å². The standard InChI is InChI=1S/C19H15ClF4O2/c1-11-7-14(9-16(20)18(11)21)15(19(22,23)24)6-4-12-3-5-13(10-25)17(8-12)26-2/h3-10,15H,1-2H3/b6-4+. The number of benzene rings is 2. The molecule has 0 aliphatic rings. The van der Waals surface area contributed by atoms with E-state index in [1.54, 1.807) is 0 Å². The maximum Gasteiger partial charge on any atom is 0.399 e. The number of aldehydes is 1. The zero-order chi connectivity index (χ0) is 19.5. The number of carbonyl (C=O) groups is 1. The van der Waals surface area contributed by atoms with Gasteiger partial charge in [-0.05, 0) is 41.8 Å². The van der Waals surface area contributed by atoms with E-state index in [9.17, 15) is 22.4 Å². The predicted molar refractivity (Wildman–Crippen MR) is 92.4 cm³/mol. The van der Waals surface area contributed by atoms with Gasteiger partial charge in [0.15, 0.2) is 6.29 Å². The van der Waals surface area contributed by atoms with Crippen molar-refractivity contribution in [2.45, 2.75) is 19.0 Å². The van der Waals surface area contributed by atoms with E-state index in [0.29, 0.717) is 11.8 Å². The van der Waals surface area contributed by atoms with Gasteiger partial charge in [-0.15, -0.1) is 0 Å². The fourth-order valence-electron chi connectivity index (χ4n) is 2.48. The van der Waals surface area contributed by atoms with Crippen molar-refractivity contribution < 1.29 is 27.1 Å². The van der Waals surface area contributed by atoms with Crippen molar-refractivity contribution in [3.8, 4) is 5.75 Å². The van der Waals surface area contributed by atoms with Crippen LogP contribution in [0.3, 0.4) is 0 Å². The molecule has 26 heavy (non-hydrogen) atoms. The molecule has 2 rings (SSSR count). The van der Waals surface area contributed by atoms with Crippen LogP contribution in [0.2, 0.25) is 5.02 Å². The Bertz CT molecular complexity index is 821.